The fraction of sp³-hybridized carbons (Fsp3) is 0.500. The zero-order valence-corrected chi connectivity index (χ0v) is 15.7. The van der Waals surface area contributed by atoms with Gasteiger partial charge in [0.2, 0.25) is 11.8 Å². The Hall–Kier alpha value is -2.43. The standard InChI is InChI=1S/C22H23NO4/c1-10-4-5-11(2)17(8-10)27-22(26)12(3)23-20(24)18-13-6-7-14(16-9-15(13)16)19(18)21(23)25/h4-8,12-16,18-19H,9H2,1-3H3/t12-,13-,14+,15+,16-,18-,19+/m1/s1. The number of carbonyl (C=O) groups excluding carboxylic acids is 3. The summed E-state index contributed by atoms with van der Waals surface area (Å²) in [6.45, 7) is 5.38. The molecule has 1 saturated heterocycles. The molecular weight excluding hydrogens is 342 g/mol. The molecule has 5 aliphatic rings. The van der Waals surface area contributed by atoms with Gasteiger partial charge >= 0.3 is 5.97 Å². The lowest BCUT2D eigenvalue weighted by Crippen LogP contribution is -2.45. The van der Waals surface area contributed by atoms with Crippen LogP contribution in [0.1, 0.15) is 24.5 Å². The van der Waals surface area contributed by atoms with Crippen LogP contribution in [0.2, 0.25) is 0 Å². The summed E-state index contributed by atoms with van der Waals surface area (Å²) in [6.07, 6.45) is 5.39. The molecule has 3 fully saturated rings. The molecule has 0 spiro atoms. The minimum atomic E-state index is -0.911. The monoisotopic (exact) mass is 365 g/mol. The van der Waals surface area contributed by atoms with E-state index in [0.717, 1.165) is 17.5 Å². The minimum absolute atomic E-state index is 0.161. The van der Waals surface area contributed by atoms with E-state index in [4.69, 9.17) is 4.74 Å². The number of likely N-dealkylation sites (tertiary alicyclic amines) is 1. The minimum Gasteiger partial charge on any atom is -0.425 e. The quantitative estimate of drug-likeness (QED) is 0.358. The summed E-state index contributed by atoms with van der Waals surface area (Å²) in [5, 5.41) is 0. The molecule has 1 aromatic carbocycles. The molecule has 2 saturated carbocycles. The smallest absolute Gasteiger partial charge is 0.334 e. The highest BCUT2D eigenvalue weighted by Crippen LogP contribution is 2.65. The van der Waals surface area contributed by atoms with Crippen molar-refractivity contribution in [2.45, 2.75) is 33.2 Å². The zero-order chi connectivity index (χ0) is 19.0. The summed E-state index contributed by atoms with van der Waals surface area (Å²) in [5.74, 6) is 0.383. The summed E-state index contributed by atoms with van der Waals surface area (Å²) in [4.78, 5) is 40.1. The van der Waals surface area contributed by atoms with Crippen LogP contribution in [0.25, 0.3) is 0 Å². The molecule has 7 atom stereocenters. The predicted octanol–water partition coefficient (Wildman–Crippen LogP) is 2.65. The molecule has 0 N–H and O–H groups in total. The summed E-state index contributed by atoms with van der Waals surface area (Å²) >= 11 is 0. The van der Waals surface area contributed by atoms with E-state index in [0.29, 0.717) is 17.6 Å². The van der Waals surface area contributed by atoms with E-state index in [2.05, 4.69) is 12.2 Å². The SMILES string of the molecule is Cc1ccc(C)c(OC(=O)[C@@H](C)N2C(=O)[C@@H]3[C@@H]4C=C[C@@H]([C@H]5C[C@@H]45)[C@@H]3C2=O)c1. The Kier molecular flexibility index (Phi) is 3.43. The number of hydrogen-bond acceptors (Lipinski definition) is 4. The van der Waals surface area contributed by atoms with Gasteiger partial charge in [-0.15, -0.1) is 0 Å². The predicted molar refractivity (Wildman–Crippen MR) is 97.6 cm³/mol. The Labute approximate surface area is 158 Å². The van der Waals surface area contributed by atoms with E-state index >= 15 is 0 Å². The average Bonchev–Trinajstić information content (AvgIpc) is 3.42. The molecule has 5 heteroatoms. The van der Waals surface area contributed by atoms with Crippen LogP contribution < -0.4 is 4.74 Å². The molecule has 2 amide bonds. The molecule has 1 heterocycles. The number of rotatable bonds is 3. The lowest BCUT2D eigenvalue weighted by molar-refractivity contribution is -0.152. The van der Waals surface area contributed by atoms with E-state index in [1.807, 2.05) is 26.0 Å². The highest BCUT2D eigenvalue weighted by Gasteiger charge is 2.67. The van der Waals surface area contributed by atoms with Crippen molar-refractivity contribution in [2.24, 2.45) is 35.5 Å². The maximum Gasteiger partial charge on any atom is 0.334 e. The second-order valence-corrected chi connectivity index (χ2v) is 8.57. The summed E-state index contributed by atoms with van der Waals surface area (Å²) < 4.78 is 5.55. The maximum absolute atomic E-state index is 13.1. The second-order valence-electron chi connectivity index (χ2n) is 8.57. The molecular formula is C22H23NO4. The van der Waals surface area contributed by atoms with Crippen molar-refractivity contribution in [3.8, 4) is 5.75 Å². The number of ether oxygens (including phenoxy) is 1. The van der Waals surface area contributed by atoms with Crippen molar-refractivity contribution in [2.75, 3.05) is 0 Å². The Balaban J connectivity index is 1.39. The number of benzene rings is 1. The number of hydrogen-bond donors (Lipinski definition) is 0. The van der Waals surface area contributed by atoms with Gasteiger partial charge < -0.3 is 4.74 Å². The van der Waals surface area contributed by atoms with Gasteiger partial charge in [-0.05, 0) is 68.1 Å². The molecule has 140 valence electrons. The van der Waals surface area contributed by atoms with Gasteiger partial charge in [0.25, 0.3) is 0 Å². The summed E-state index contributed by atoms with van der Waals surface area (Å²) in [5.41, 5.74) is 1.83. The molecule has 6 rings (SSSR count). The lowest BCUT2D eigenvalue weighted by Gasteiger charge is -2.37. The molecule has 27 heavy (non-hydrogen) atoms. The normalized spacial score (nSPS) is 36.5. The van der Waals surface area contributed by atoms with Gasteiger partial charge in [-0.2, -0.15) is 0 Å². The number of allylic oxidation sites excluding steroid dienone is 2. The van der Waals surface area contributed by atoms with Crippen LogP contribution in [0.5, 0.6) is 5.75 Å². The third-order valence-corrected chi connectivity index (χ3v) is 6.98. The number of imide groups is 1. The third kappa shape index (κ3) is 2.27. The largest absolute Gasteiger partial charge is 0.425 e. The first-order chi connectivity index (χ1) is 12.9. The first kappa shape index (κ1) is 16.7. The van der Waals surface area contributed by atoms with E-state index in [1.165, 1.54) is 4.90 Å². The number of carbonyl (C=O) groups is 3. The molecule has 0 radical (unpaired) electrons. The highest BCUT2D eigenvalue weighted by molar-refractivity contribution is 6.08. The van der Waals surface area contributed by atoms with Crippen LogP contribution in [-0.2, 0) is 14.4 Å². The van der Waals surface area contributed by atoms with Gasteiger partial charge in [0.15, 0.2) is 0 Å². The van der Waals surface area contributed by atoms with Gasteiger partial charge in [0, 0.05) is 0 Å². The van der Waals surface area contributed by atoms with Crippen molar-refractivity contribution < 1.29 is 19.1 Å². The molecule has 0 aromatic heterocycles. The van der Waals surface area contributed by atoms with Gasteiger partial charge in [0.05, 0.1) is 11.8 Å². The molecule has 2 bridgehead atoms. The Bertz CT molecular complexity index is 868. The number of amides is 2. The van der Waals surface area contributed by atoms with Crippen molar-refractivity contribution >= 4 is 17.8 Å². The van der Waals surface area contributed by atoms with Crippen LogP contribution in [-0.4, -0.2) is 28.7 Å². The first-order valence-corrected chi connectivity index (χ1v) is 9.72. The second kappa shape index (κ2) is 5.54. The molecule has 5 nitrogen and oxygen atoms in total. The average molecular weight is 365 g/mol. The Morgan fingerprint density at radius 3 is 2.26 bits per heavy atom. The third-order valence-electron chi connectivity index (χ3n) is 6.98. The fourth-order valence-corrected chi connectivity index (χ4v) is 5.48. The van der Waals surface area contributed by atoms with E-state index in [1.54, 1.807) is 13.0 Å². The summed E-state index contributed by atoms with van der Waals surface area (Å²) in [7, 11) is 0. The number of aryl methyl sites for hydroxylation is 2. The van der Waals surface area contributed by atoms with Crippen LogP contribution >= 0.6 is 0 Å². The first-order valence-electron chi connectivity index (χ1n) is 9.72. The zero-order valence-electron chi connectivity index (χ0n) is 15.7. The fourth-order valence-electron chi connectivity index (χ4n) is 5.48. The molecule has 1 aromatic rings. The van der Waals surface area contributed by atoms with Crippen molar-refractivity contribution in [1.29, 1.82) is 0 Å². The van der Waals surface area contributed by atoms with Crippen LogP contribution in [0.3, 0.4) is 0 Å². The number of esters is 1. The lowest BCUT2D eigenvalue weighted by atomic mass is 9.63. The summed E-state index contributed by atoms with van der Waals surface area (Å²) in [6, 6.07) is 4.72. The Morgan fingerprint density at radius 2 is 1.67 bits per heavy atom. The van der Waals surface area contributed by atoms with Crippen LogP contribution in [0.15, 0.2) is 30.4 Å². The topological polar surface area (TPSA) is 63.7 Å². The van der Waals surface area contributed by atoms with E-state index in [9.17, 15) is 14.4 Å². The molecule has 4 aliphatic carbocycles. The van der Waals surface area contributed by atoms with Crippen LogP contribution in [0, 0.1) is 49.4 Å². The van der Waals surface area contributed by atoms with E-state index in [-0.39, 0.29) is 35.5 Å². The van der Waals surface area contributed by atoms with Gasteiger partial charge in [-0.3, -0.25) is 14.5 Å². The highest BCUT2D eigenvalue weighted by atomic mass is 16.5. The van der Waals surface area contributed by atoms with Gasteiger partial charge in [-0.25, -0.2) is 4.79 Å². The van der Waals surface area contributed by atoms with Crippen molar-refractivity contribution in [3.63, 3.8) is 0 Å². The van der Waals surface area contributed by atoms with Gasteiger partial charge in [-0.1, -0.05) is 24.3 Å². The number of nitrogens with zero attached hydrogens (tertiary/aromatic N) is 1. The van der Waals surface area contributed by atoms with E-state index < -0.39 is 12.0 Å². The van der Waals surface area contributed by atoms with Crippen LogP contribution in [0.4, 0.5) is 0 Å². The van der Waals surface area contributed by atoms with Crippen molar-refractivity contribution in [3.05, 3.63) is 41.5 Å². The van der Waals surface area contributed by atoms with Gasteiger partial charge in [0.1, 0.15) is 11.8 Å². The molecule has 1 aliphatic heterocycles. The Morgan fingerprint density at radius 1 is 1.07 bits per heavy atom. The van der Waals surface area contributed by atoms with Crippen molar-refractivity contribution in [1.82, 2.24) is 4.90 Å². The maximum atomic E-state index is 13.1. The molecule has 0 unspecified atom stereocenters.